The van der Waals surface area contributed by atoms with E-state index in [9.17, 15) is 0 Å². The maximum atomic E-state index is 8.36. The Labute approximate surface area is 111 Å². The van der Waals surface area contributed by atoms with Gasteiger partial charge in [0.2, 0.25) is 0 Å². The average Bonchev–Trinajstić information content (AvgIpc) is 2.08. The third-order valence-electron chi connectivity index (χ3n) is 1.87. The Bertz CT molecular complexity index is 189. The molecule has 0 aliphatic heterocycles. The molecule has 0 spiro atoms. The average molecular weight is 435 g/mol. The van der Waals surface area contributed by atoms with Gasteiger partial charge in [0.05, 0.1) is 0 Å². The fourth-order valence-electron chi connectivity index (χ4n) is 1.19. The van der Waals surface area contributed by atoms with Crippen LogP contribution in [0.1, 0.15) is 25.7 Å². The van der Waals surface area contributed by atoms with Crippen molar-refractivity contribution in [1.82, 2.24) is 0 Å². The Balaban J connectivity index is -0.000000189. The molecule has 104 valence electrons. The minimum atomic E-state index is -1.50. The standard InChI is InChI=1S/C6H14N2.2HNO3.Pt/c7-5-3-1-2-4-6(5)8;2*2-1(3)4;/h5-6H,1-4,7-8H2;2*(H,2,3,4);/q;;;+2/t5-,6-;;;/m1.../s1. The molecule has 0 aromatic heterocycles. The van der Waals surface area contributed by atoms with Gasteiger partial charge < -0.3 is 21.9 Å². The van der Waals surface area contributed by atoms with Crippen molar-refractivity contribution < 1.29 is 41.7 Å². The quantitative estimate of drug-likeness (QED) is 0.291. The van der Waals surface area contributed by atoms with E-state index in [0.29, 0.717) is 0 Å². The van der Waals surface area contributed by atoms with Crippen molar-refractivity contribution in [1.29, 1.82) is 0 Å². The Hall–Kier alpha value is -0.992. The first-order chi connectivity index (χ1) is 7.27. The molecule has 6 N–H and O–H groups in total. The fraction of sp³-hybridized carbons (Fsp3) is 1.00. The van der Waals surface area contributed by atoms with E-state index < -0.39 is 10.2 Å². The van der Waals surface area contributed by atoms with Crippen LogP contribution in [-0.4, -0.2) is 32.7 Å². The van der Waals surface area contributed by atoms with E-state index in [1.165, 1.54) is 12.8 Å². The summed E-state index contributed by atoms with van der Waals surface area (Å²) in [4.78, 5) is 16.7. The van der Waals surface area contributed by atoms with Crippen molar-refractivity contribution >= 4 is 0 Å². The van der Waals surface area contributed by atoms with Gasteiger partial charge in [-0.05, 0) is 12.8 Å². The van der Waals surface area contributed by atoms with Gasteiger partial charge in [-0.2, -0.15) is 0 Å². The Morgan fingerprint density at radius 3 is 1.24 bits per heavy atom. The molecule has 0 aromatic rings. The van der Waals surface area contributed by atoms with Gasteiger partial charge >= 0.3 is 21.1 Å². The second-order valence-corrected chi connectivity index (χ2v) is 3.09. The summed E-state index contributed by atoms with van der Waals surface area (Å²) in [5, 5.41) is 27.3. The summed E-state index contributed by atoms with van der Waals surface area (Å²) >= 11 is 0. The molecular formula is C6H16N4O6Pt+2. The molecule has 1 aliphatic carbocycles. The molecule has 11 heteroatoms. The van der Waals surface area contributed by atoms with E-state index in [-0.39, 0.29) is 33.1 Å². The van der Waals surface area contributed by atoms with Crippen molar-refractivity contribution in [3.63, 3.8) is 0 Å². The van der Waals surface area contributed by atoms with Crippen molar-refractivity contribution in [2.75, 3.05) is 0 Å². The third kappa shape index (κ3) is 25.4. The van der Waals surface area contributed by atoms with E-state index >= 15 is 0 Å². The molecule has 0 saturated heterocycles. The smallest absolute Gasteiger partial charge is 0.328 e. The van der Waals surface area contributed by atoms with Crippen LogP contribution in [0.25, 0.3) is 0 Å². The zero-order valence-corrected chi connectivity index (χ0v) is 11.1. The molecule has 17 heavy (non-hydrogen) atoms. The maximum Gasteiger partial charge on any atom is 2.00 e. The van der Waals surface area contributed by atoms with E-state index in [1.54, 1.807) is 0 Å². The van der Waals surface area contributed by atoms with E-state index in [2.05, 4.69) is 0 Å². The van der Waals surface area contributed by atoms with Crippen LogP contribution in [-0.2, 0) is 21.1 Å². The predicted octanol–water partition coefficient (Wildman–Crippen LogP) is -0.483. The predicted molar refractivity (Wildman–Crippen MR) is 52.0 cm³/mol. The maximum absolute atomic E-state index is 8.36. The van der Waals surface area contributed by atoms with Crippen LogP contribution in [0.4, 0.5) is 0 Å². The van der Waals surface area contributed by atoms with Crippen LogP contribution < -0.4 is 11.5 Å². The van der Waals surface area contributed by atoms with Gasteiger partial charge in [-0.3, -0.25) is 0 Å². The molecule has 2 atom stereocenters. The summed E-state index contributed by atoms with van der Waals surface area (Å²) in [6, 6.07) is 0.562. The molecule has 0 bridgehead atoms. The molecule has 10 nitrogen and oxygen atoms in total. The van der Waals surface area contributed by atoms with E-state index in [0.717, 1.165) is 12.8 Å². The SMILES string of the molecule is N[C@@H]1CCCC[C@H]1N.O=[N+]([O-])O.O=[N+]([O-])O.[Pt+2]. The number of nitrogens with two attached hydrogens (primary N) is 2. The summed E-state index contributed by atoms with van der Waals surface area (Å²) in [6.07, 6.45) is 4.80. The molecule has 0 amide bonds. The van der Waals surface area contributed by atoms with Crippen LogP contribution in [0.3, 0.4) is 0 Å². The van der Waals surface area contributed by atoms with E-state index in [4.69, 9.17) is 42.1 Å². The largest absolute Gasteiger partial charge is 2.00 e. The second kappa shape index (κ2) is 13.1. The minimum Gasteiger partial charge on any atom is -0.328 e. The van der Waals surface area contributed by atoms with Gasteiger partial charge in [0.1, 0.15) is 0 Å². The summed E-state index contributed by atoms with van der Waals surface area (Å²) in [7, 11) is 0. The van der Waals surface area contributed by atoms with Gasteiger partial charge in [-0.15, -0.1) is 20.2 Å². The molecule has 1 saturated carbocycles. The molecule has 1 rings (SSSR count). The van der Waals surface area contributed by atoms with Crippen LogP contribution in [0.5, 0.6) is 0 Å². The molecule has 1 aliphatic rings. The summed E-state index contributed by atoms with van der Waals surface area (Å²) in [5.41, 5.74) is 11.3. The van der Waals surface area contributed by atoms with Crippen LogP contribution in [0.15, 0.2) is 0 Å². The third-order valence-corrected chi connectivity index (χ3v) is 1.87. The van der Waals surface area contributed by atoms with E-state index in [1.807, 2.05) is 0 Å². The summed E-state index contributed by atoms with van der Waals surface area (Å²) in [6.45, 7) is 0. The summed E-state index contributed by atoms with van der Waals surface area (Å²) in [5.74, 6) is 0. The van der Waals surface area contributed by atoms with Crippen LogP contribution >= 0.6 is 0 Å². The minimum absolute atomic E-state index is 0. The van der Waals surface area contributed by atoms with Gasteiger partial charge in [-0.25, -0.2) is 0 Å². The summed E-state index contributed by atoms with van der Waals surface area (Å²) < 4.78 is 0. The van der Waals surface area contributed by atoms with Gasteiger partial charge in [0.25, 0.3) is 10.2 Å². The molecule has 0 unspecified atom stereocenters. The normalized spacial score (nSPS) is 21.5. The first-order valence-electron chi connectivity index (χ1n) is 4.45. The first kappa shape index (κ1) is 21.3. The number of nitrogens with zero attached hydrogens (tertiary/aromatic N) is 2. The van der Waals surface area contributed by atoms with Crippen LogP contribution in [0, 0.1) is 20.2 Å². The van der Waals surface area contributed by atoms with Gasteiger partial charge in [-0.1, -0.05) is 12.8 Å². The number of hydrogen-bond donors (Lipinski definition) is 4. The molecule has 0 heterocycles. The van der Waals surface area contributed by atoms with Crippen molar-refractivity contribution in [2.24, 2.45) is 11.5 Å². The van der Waals surface area contributed by atoms with Crippen LogP contribution in [0.2, 0.25) is 0 Å². The topological polar surface area (TPSA) is 179 Å². The fourth-order valence-corrected chi connectivity index (χ4v) is 1.19. The first-order valence-corrected chi connectivity index (χ1v) is 4.45. The second-order valence-electron chi connectivity index (χ2n) is 3.09. The number of hydrogen-bond acceptors (Lipinski definition) is 6. The Morgan fingerprint density at radius 2 is 1.12 bits per heavy atom. The van der Waals surface area contributed by atoms with Crippen molar-refractivity contribution in [3.8, 4) is 0 Å². The molecular weight excluding hydrogens is 419 g/mol. The monoisotopic (exact) mass is 435 g/mol. The van der Waals surface area contributed by atoms with Crippen molar-refractivity contribution in [3.05, 3.63) is 20.2 Å². The zero-order chi connectivity index (χ0) is 13.1. The van der Waals surface area contributed by atoms with Crippen molar-refractivity contribution in [2.45, 2.75) is 37.8 Å². The van der Waals surface area contributed by atoms with Gasteiger partial charge in [0.15, 0.2) is 0 Å². The zero-order valence-electron chi connectivity index (χ0n) is 8.88. The Morgan fingerprint density at radius 1 is 0.941 bits per heavy atom. The van der Waals surface area contributed by atoms with Gasteiger partial charge in [0, 0.05) is 12.1 Å². The molecule has 0 aromatic carbocycles. The number of rotatable bonds is 0. The molecule has 0 radical (unpaired) electrons. The molecule has 1 fully saturated rings. The Kier molecular flexibility index (Phi) is 16.4.